The van der Waals surface area contributed by atoms with E-state index in [1.54, 1.807) is 0 Å². The Morgan fingerprint density at radius 1 is 1.00 bits per heavy atom. The lowest BCUT2D eigenvalue weighted by atomic mass is 10.1. The molecule has 0 saturated carbocycles. The highest BCUT2D eigenvalue weighted by atomic mass is 32.2. The van der Waals surface area contributed by atoms with E-state index in [1.807, 2.05) is 24.3 Å². The number of sulfonamides is 1. The van der Waals surface area contributed by atoms with Crippen LogP contribution in [-0.2, 0) is 26.0 Å². The van der Waals surface area contributed by atoms with Crippen LogP contribution in [0.2, 0.25) is 0 Å². The van der Waals surface area contributed by atoms with Crippen LogP contribution < -0.4 is 15.4 Å². The molecule has 1 heterocycles. The zero-order chi connectivity index (χ0) is 23.1. The second-order valence-corrected chi connectivity index (χ2v) is 9.42. The van der Waals surface area contributed by atoms with Crippen LogP contribution in [0.25, 0.3) is 0 Å². The van der Waals surface area contributed by atoms with Crippen LogP contribution in [0.1, 0.15) is 22.8 Å². The first-order chi connectivity index (χ1) is 15.2. The maximum Gasteiger partial charge on any atom is 0.257 e. The van der Waals surface area contributed by atoms with Crippen molar-refractivity contribution >= 4 is 38.9 Å². The molecule has 10 heteroatoms. The van der Waals surface area contributed by atoms with Gasteiger partial charge in [-0.25, -0.2) is 8.42 Å². The number of anilines is 3. The lowest BCUT2D eigenvalue weighted by Crippen LogP contribution is -2.37. The van der Waals surface area contributed by atoms with Crippen LogP contribution in [-0.4, -0.2) is 64.2 Å². The van der Waals surface area contributed by atoms with Crippen molar-refractivity contribution in [1.29, 1.82) is 0 Å². The molecule has 1 aliphatic heterocycles. The Balaban J connectivity index is 1.69. The van der Waals surface area contributed by atoms with Crippen LogP contribution in [0.15, 0.2) is 42.5 Å². The van der Waals surface area contributed by atoms with E-state index in [0.717, 1.165) is 51.1 Å². The van der Waals surface area contributed by atoms with Gasteiger partial charge in [-0.2, -0.15) is 0 Å². The predicted octanol–water partition coefficient (Wildman–Crippen LogP) is 2.14. The molecule has 0 aliphatic carbocycles. The van der Waals surface area contributed by atoms with E-state index < -0.39 is 15.9 Å². The van der Waals surface area contributed by atoms with Crippen LogP contribution in [0.5, 0.6) is 0 Å². The summed E-state index contributed by atoms with van der Waals surface area (Å²) in [6.07, 6.45) is 1.90. The number of carbonyl (C=O) groups is 2. The number of amides is 2. The van der Waals surface area contributed by atoms with Crippen molar-refractivity contribution in [2.75, 3.05) is 54.5 Å². The number of rotatable bonds is 8. The Labute approximate surface area is 188 Å². The average Bonchev–Trinajstić information content (AvgIpc) is 2.73. The fourth-order valence-electron chi connectivity index (χ4n) is 3.37. The highest BCUT2D eigenvalue weighted by molar-refractivity contribution is 7.92. The SMILES string of the molecule is CC(=O)Nc1ccc(NS(C)(=O)=O)c(C(=O)Nc2ccc(CCN3CCOCC3)cc2)c1. The van der Waals surface area contributed by atoms with Gasteiger partial charge in [0.15, 0.2) is 0 Å². The summed E-state index contributed by atoms with van der Waals surface area (Å²) in [7, 11) is -3.59. The van der Waals surface area contributed by atoms with Crippen LogP contribution in [0.3, 0.4) is 0 Å². The van der Waals surface area contributed by atoms with Gasteiger partial charge in [-0.3, -0.25) is 19.2 Å². The molecular weight excluding hydrogens is 432 g/mol. The number of nitrogens with zero attached hydrogens (tertiary/aromatic N) is 1. The lowest BCUT2D eigenvalue weighted by molar-refractivity contribution is -0.114. The average molecular weight is 461 g/mol. The number of morpholine rings is 1. The molecule has 3 N–H and O–H groups in total. The van der Waals surface area contributed by atoms with Gasteiger partial charge in [0, 0.05) is 37.9 Å². The summed E-state index contributed by atoms with van der Waals surface area (Å²) in [4.78, 5) is 26.6. The molecule has 0 bridgehead atoms. The minimum atomic E-state index is -3.59. The molecule has 2 amide bonds. The van der Waals surface area contributed by atoms with Gasteiger partial charge in [0.2, 0.25) is 15.9 Å². The number of hydrogen-bond donors (Lipinski definition) is 3. The maximum atomic E-state index is 12.9. The molecule has 1 fully saturated rings. The first-order valence-corrected chi connectivity index (χ1v) is 12.2. The largest absolute Gasteiger partial charge is 0.379 e. The third-order valence-corrected chi connectivity index (χ3v) is 5.50. The van der Waals surface area contributed by atoms with Gasteiger partial charge in [-0.1, -0.05) is 12.1 Å². The second kappa shape index (κ2) is 10.6. The molecule has 2 aromatic carbocycles. The summed E-state index contributed by atoms with van der Waals surface area (Å²) in [6.45, 7) is 5.72. The normalized spacial score (nSPS) is 14.6. The molecular formula is C22H28N4O5S. The van der Waals surface area contributed by atoms with Crippen molar-refractivity contribution in [2.24, 2.45) is 0 Å². The minimum Gasteiger partial charge on any atom is -0.379 e. The monoisotopic (exact) mass is 460 g/mol. The highest BCUT2D eigenvalue weighted by Crippen LogP contribution is 2.23. The smallest absolute Gasteiger partial charge is 0.257 e. The minimum absolute atomic E-state index is 0.0954. The molecule has 0 atom stereocenters. The number of ether oxygens (including phenoxy) is 1. The van der Waals surface area contributed by atoms with E-state index in [0.29, 0.717) is 11.4 Å². The summed E-state index contributed by atoms with van der Waals surface area (Å²) in [5.41, 5.74) is 2.35. The third kappa shape index (κ3) is 7.33. The van der Waals surface area contributed by atoms with E-state index in [-0.39, 0.29) is 17.2 Å². The van der Waals surface area contributed by atoms with Gasteiger partial charge in [-0.05, 0) is 42.3 Å². The zero-order valence-corrected chi connectivity index (χ0v) is 19.0. The van der Waals surface area contributed by atoms with Gasteiger partial charge in [-0.15, -0.1) is 0 Å². The predicted molar refractivity (Wildman–Crippen MR) is 125 cm³/mol. The maximum absolute atomic E-state index is 12.9. The standard InChI is InChI=1S/C22H28N4O5S/c1-16(27)23-19-7-8-21(25-32(2,29)30)20(15-19)22(28)24-18-5-3-17(4-6-18)9-10-26-11-13-31-14-12-26/h3-8,15,25H,9-14H2,1-2H3,(H,23,27)(H,24,28). The lowest BCUT2D eigenvalue weighted by Gasteiger charge is -2.26. The Morgan fingerprint density at radius 2 is 1.66 bits per heavy atom. The topological polar surface area (TPSA) is 117 Å². The number of nitrogens with one attached hydrogen (secondary N) is 3. The molecule has 2 aromatic rings. The van der Waals surface area contributed by atoms with E-state index in [2.05, 4.69) is 20.3 Å². The fourth-order valence-corrected chi connectivity index (χ4v) is 3.94. The fraction of sp³-hybridized carbons (Fsp3) is 0.364. The number of benzene rings is 2. The van der Waals surface area contributed by atoms with Gasteiger partial charge < -0.3 is 15.4 Å². The zero-order valence-electron chi connectivity index (χ0n) is 18.2. The Morgan fingerprint density at radius 3 is 2.28 bits per heavy atom. The van der Waals surface area contributed by atoms with Crippen LogP contribution in [0.4, 0.5) is 17.1 Å². The number of carbonyl (C=O) groups excluding carboxylic acids is 2. The summed E-state index contributed by atoms with van der Waals surface area (Å²) >= 11 is 0. The summed E-state index contributed by atoms with van der Waals surface area (Å²) in [5.74, 6) is -0.794. The van der Waals surface area contributed by atoms with Crippen LogP contribution >= 0.6 is 0 Å². The molecule has 1 aliphatic rings. The van der Waals surface area contributed by atoms with Crippen molar-refractivity contribution in [3.05, 3.63) is 53.6 Å². The van der Waals surface area contributed by atoms with Gasteiger partial charge in [0.1, 0.15) is 0 Å². The van der Waals surface area contributed by atoms with E-state index in [9.17, 15) is 18.0 Å². The molecule has 32 heavy (non-hydrogen) atoms. The third-order valence-electron chi connectivity index (χ3n) is 4.91. The Bertz CT molecular complexity index is 1060. The first kappa shape index (κ1) is 23.7. The molecule has 0 unspecified atom stereocenters. The van der Waals surface area contributed by atoms with Crippen molar-refractivity contribution in [1.82, 2.24) is 4.90 Å². The molecule has 9 nitrogen and oxygen atoms in total. The van der Waals surface area contributed by atoms with Crippen molar-refractivity contribution in [2.45, 2.75) is 13.3 Å². The number of hydrogen-bond acceptors (Lipinski definition) is 6. The Kier molecular flexibility index (Phi) is 7.84. The van der Waals surface area contributed by atoms with Gasteiger partial charge in [0.05, 0.1) is 30.7 Å². The van der Waals surface area contributed by atoms with Crippen molar-refractivity contribution < 1.29 is 22.7 Å². The molecule has 172 valence electrons. The quantitative estimate of drug-likeness (QED) is 0.556. The first-order valence-electron chi connectivity index (χ1n) is 10.3. The summed E-state index contributed by atoms with van der Waals surface area (Å²) < 4.78 is 31.1. The summed E-state index contributed by atoms with van der Waals surface area (Å²) in [6, 6.07) is 11.9. The van der Waals surface area contributed by atoms with E-state index in [1.165, 1.54) is 25.1 Å². The molecule has 1 saturated heterocycles. The van der Waals surface area contributed by atoms with E-state index >= 15 is 0 Å². The van der Waals surface area contributed by atoms with E-state index in [4.69, 9.17) is 4.74 Å². The molecule has 0 spiro atoms. The Hall–Kier alpha value is -2.95. The molecule has 3 rings (SSSR count). The van der Waals surface area contributed by atoms with Crippen molar-refractivity contribution in [3.8, 4) is 0 Å². The van der Waals surface area contributed by atoms with Crippen molar-refractivity contribution in [3.63, 3.8) is 0 Å². The summed E-state index contributed by atoms with van der Waals surface area (Å²) in [5, 5.41) is 5.38. The second-order valence-electron chi connectivity index (χ2n) is 7.67. The van der Waals surface area contributed by atoms with Gasteiger partial charge in [0.25, 0.3) is 5.91 Å². The van der Waals surface area contributed by atoms with Gasteiger partial charge >= 0.3 is 0 Å². The van der Waals surface area contributed by atoms with Crippen LogP contribution in [0, 0.1) is 0 Å². The highest BCUT2D eigenvalue weighted by Gasteiger charge is 2.16. The molecule has 0 aromatic heterocycles. The molecule has 0 radical (unpaired) electrons.